The molecule has 0 aliphatic rings. The minimum absolute atomic E-state index is 0.373. The van der Waals surface area contributed by atoms with Gasteiger partial charge in [0.15, 0.2) is 5.75 Å². The summed E-state index contributed by atoms with van der Waals surface area (Å²) in [6.07, 6.45) is -3.09. The van der Waals surface area contributed by atoms with Crippen molar-refractivity contribution < 1.29 is 23.5 Å². The SMILES string of the molecule is COc1cc(O)c(C(F)F)nc1[N+](=O)[O-]. The van der Waals surface area contributed by atoms with Crippen LogP contribution < -0.4 is 4.74 Å². The van der Waals surface area contributed by atoms with Gasteiger partial charge < -0.3 is 20.0 Å². The minimum atomic E-state index is -3.09. The van der Waals surface area contributed by atoms with E-state index in [0.29, 0.717) is 0 Å². The smallest absolute Gasteiger partial charge is 0.406 e. The van der Waals surface area contributed by atoms with Gasteiger partial charge in [0.25, 0.3) is 5.69 Å². The first-order valence-electron chi connectivity index (χ1n) is 3.67. The Balaban J connectivity index is 3.37. The van der Waals surface area contributed by atoms with Crippen molar-refractivity contribution in [2.45, 2.75) is 6.43 Å². The number of hydrogen-bond donors (Lipinski definition) is 1. The molecule has 1 aromatic heterocycles. The van der Waals surface area contributed by atoms with Crippen LogP contribution >= 0.6 is 0 Å². The van der Waals surface area contributed by atoms with Crippen LogP contribution in [0, 0.1) is 10.1 Å². The van der Waals surface area contributed by atoms with Gasteiger partial charge in [-0.1, -0.05) is 0 Å². The number of hydrogen-bond acceptors (Lipinski definition) is 5. The predicted molar refractivity (Wildman–Crippen MR) is 44.1 cm³/mol. The van der Waals surface area contributed by atoms with Gasteiger partial charge in [0.05, 0.1) is 7.11 Å². The van der Waals surface area contributed by atoms with Crippen LogP contribution in [0.2, 0.25) is 0 Å². The zero-order valence-corrected chi connectivity index (χ0v) is 7.48. The molecule has 15 heavy (non-hydrogen) atoms. The highest BCUT2D eigenvalue weighted by Gasteiger charge is 2.27. The first kappa shape index (κ1) is 11.1. The maximum Gasteiger partial charge on any atom is 0.406 e. The number of nitro groups is 1. The molecular weight excluding hydrogens is 214 g/mol. The molecular formula is C7H6F2N2O4. The summed E-state index contributed by atoms with van der Waals surface area (Å²) in [4.78, 5) is 12.5. The van der Waals surface area contributed by atoms with Crippen LogP contribution in [0.25, 0.3) is 0 Å². The first-order chi connectivity index (χ1) is 6.97. The second-order valence-corrected chi connectivity index (χ2v) is 2.48. The average Bonchev–Trinajstić information content (AvgIpc) is 2.16. The minimum Gasteiger partial charge on any atom is -0.504 e. The average molecular weight is 220 g/mol. The maximum atomic E-state index is 12.2. The summed E-state index contributed by atoms with van der Waals surface area (Å²) in [5.74, 6) is -2.07. The maximum absolute atomic E-state index is 12.2. The number of halogens is 2. The molecule has 0 aliphatic carbocycles. The molecule has 82 valence electrons. The number of aromatic nitrogens is 1. The van der Waals surface area contributed by atoms with E-state index < -0.39 is 28.6 Å². The monoisotopic (exact) mass is 220 g/mol. The number of methoxy groups -OCH3 is 1. The highest BCUT2D eigenvalue weighted by Crippen LogP contribution is 2.34. The largest absolute Gasteiger partial charge is 0.504 e. The summed E-state index contributed by atoms with van der Waals surface area (Å²) >= 11 is 0. The van der Waals surface area contributed by atoms with E-state index in [-0.39, 0.29) is 5.75 Å². The molecule has 0 saturated heterocycles. The number of pyridine rings is 1. The molecule has 0 bridgehead atoms. The van der Waals surface area contributed by atoms with Crippen molar-refractivity contribution in [3.63, 3.8) is 0 Å². The Morgan fingerprint density at radius 1 is 1.67 bits per heavy atom. The van der Waals surface area contributed by atoms with Crippen LogP contribution in [0.4, 0.5) is 14.6 Å². The second kappa shape index (κ2) is 4.03. The van der Waals surface area contributed by atoms with Gasteiger partial charge in [-0.05, 0) is 9.91 Å². The predicted octanol–water partition coefficient (Wildman–Crippen LogP) is 1.64. The van der Waals surface area contributed by atoms with Gasteiger partial charge in [-0.15, -0.1) is 0 Å². The van der Waals surface area contributed by atoms with Gasteiger partial charge in [-0.25, -0.2) is 8.78 Å². The van der Waals surface area contributed by atoms with Crippen LogP contribution in [0.1, 0.15) is 12.1 Å². The number of nitrogens with zero attached hydrogens (tertiary/aromatic N) is 2. The van der Waals surface area contributed by atoms with Crippen LogP contribution in [-0.2, 0) is 0 Å². The topological polar surface area (TPSA) is 85.5 Å². The van der Waals surface area contributed by atoms with Crippen LogP contribution in [0.3, 0.4) is 0 Å². The van der Waals surface area contributed by atoms with E-state index in [4.69, 9.17) is 5.11 Å². The third-order valence-electron chi connectivity index (χ3n) is 1.58. The summed E-state index contributed by atoms with van der Waals surface area (Å²) in [7, 11) is 1.10. The van der Waals surface area contributed by atoms with E-state index in [1.807, 2.05) is 0 Å². The van der Waals surface area contributed by atoms with E-state index in [0.717, 1.165) is 13.2 Å². The molecule has 8 heteroatoms. The van der Waals surface area contributed by atoms with Crippen LogP contribution in [0.15, 0.2) is 6.07 Å². The molecule has 1 heterocycles. The van der Waals surface area contributed by atoms with Crippen molar-refractivity contribution >= 4 is 5.82 Å². The first-order valence-corrected chi connectivity index (χ1v) is 3.67. The second-order valence-electron chi connectivity index (χ2n) is 2.48. The van der Waals surface area contributed by atoms with Gasteiger partial charge in [0.1, 0.15) is 0 Å². The number of alkyl halides is 2. The van der Waals surface area contributed by atoms with E-state index in [2.05, 4.69) is 9.72 Å². The summed E-state index contributed by atoms with van der Waals surface area (Å²) in [6, 6.07) is 0.729. The third kappa shape index (κ3) is 2.09. The lowest BCUT2D eigenvalue weighted by molar-refractivity contribution is -0.390. The molecule has 1 N–H and O–H groups in total. The summed E-state index contributed by atoms with van der Waals surface area (Å²) in [5.41, 5.74) is -1.04. The Kier molecular flexibility index (Phi) is 2.98. The molecule has 6 nitrogen and oxygen atoms in total. The molecule has 0 spiro atoms. The fourth-order valence-electron chi connectivity index (χ4n) is 0.931. The fourth-order valence-corrected chi connectivity index (χ4v) is 0.931. The molecule has 0 atom stereocenters. The van der Waals surface area contributed by atoms with Gasteiger partial charge >= 0.3 is 12.2 Å². The lowest BCUT2D eigenvalue weighted by Gasteiger charge is -2.03. The Labute approximate surface area is 82.3 Å². The van der Waals surface area contributed by atoms with Crippen molar-refractivity contribution in [3.8, 4) is 11.5 Å². The number of ether oxygens (including phenoxy) is 1. The molecule has 1 rings (SSSR count). The lowest BCUT2D eigenvalue weighted by Crippen LogP contribution is -2.00. The number of rotatable bonds is 3. The van der Waals surface area contributed by atoms with E-state index >= 15 is 0 Å². The summed E-state index contributed by atoms with van der Waals surface area (Å²) < 4.78 is 29.0. The molecule has 1 aromatic rings. The Hall–Kier alpha value is -1.99. The molecule has 0 saturated carbocycles. The van der Waals surface area contributed by atoms with E-state index in [9.17, 15) is 18.9 Å². The third-order valence-corrected chi connectivity index (χ3v) is 1.58. The van der Waals surface area contributed by atoms with Crippen molar-refractivity contribution in [2.75, 3.05) is 7.11 Å². The highest BCUT2D eigenvalue weighted by molar-refractivity contribution is 5.47. The van der Waals surface area contributed by atoms with Crippen molar-refractivity contribution in [3.05, 3.63) is 21.9 Å². The normalized spacial score (nSPS) is 10.4. The Bertz CT molecular complexity index is 397. The zero-order chi connectivity index (χ0) is 11.6. The molecule has 0 radical (unpaired) electrons. The van der Waals surface area contributed by atoms with Gasteiger partial charge in [-0.2, -0.15) is 0 Å². The standard InChI is InChI=1S/C7H6F2N2O4/c1-15-4-2-3(12)5(6(8)9)10-7(4)11(13)14/h2,6,12H,1H3. The van der Waals surface area contributed by atoms with Crippen LogP contribution in [0.5, 0.6) is 11.5 Å². The quantitative estimate of drug-likeness (QED) is 0.618. The molecule has 0 amide bonds. The van der Waals surface area contributed by atoms with Crippen molar-refractivity contribution in [1.29, 1.82) is 0 Å². The van der Waals surface area contributed by atoms with Crippen molar-refractivity contribution in [2.24, 2.45) is 0 Å². The van der Waals surface area contributed by atoms with Crippen molar-refractivity contribution in [1.82, 2.24) is 4.98 Å². The summed E-state index contributed by atoms with van der Waals surface area (Å²) in [5, 5.41) is 19.5. The Morgan fingerprint density at radius 3 is 2.67 bits per heavy atom. The molecule has 0 aromatic carbocycles. The van der Waals surface area contributed by atoms with Gasteiger partial charge in [-0.3, -0.25) is 0 Å². The zero-order valence-electron chi connectivity index (χ0n) is 7.48. The molecule has 0 unspecified atom stereocenters. The number of aromatic hydroxyl groups is 1. The van der Waals surface area contributed by atoms with Crippen LogP contribution in [-0.4, -0.2) is 22.1 Å². The lowest BCUT2D eigenvalue weighted by atomic mass is 10.3. The summed E-state index contributed by atoms with van der Waals surface area (Å²) in [6.45, 7) is 0. The van der Waals surface area contributed by atoms with E-state index in [1.54, 1.807) is 0 Å². The van der Waals surface area contributed by atoms with E-state index in [1.165, 1.54) is 0 Å². The van der Waals surface area contributed by atoms with Gasteiger partial charge in [0.2, 0.25) is 5.75 Å². The molecule has 0 aliphatic heterocycles. The Morgan fingerprint density at radius 2 is 2.27 bits per heavy atom. The highest BCUT2D eigenvalue weighted by atomic mass is 19.3. The molecule has 0 fully saturated rings. The fraction of sp³-hybridized carbons (Fsp3) is 0.286. The van der Waals surface area contributed by atoms with Gasteiger partial charge in [0, 0.05) is 6.07 Å².